The number of aliphatic imine (C=N–C) groups is 1. The molecule has 0 aliphatic carbocycles. The average molecular weight is 491 g/mol. The van der Waals surface area contributed by atoms with E-state index in [1.807, 2.05) is 12.1 Å². The Morgan fingerprint density at radius 1 is 1.38 bits per heavy atom. The summed E-state index contributed by atoms with van der Waals surface area (Å²) in [6.45, 7) is 2.40. The molecule has 1 aromatic carbocycles. The highest BCUT2D eigenvalue weighted by molar-refractivity contribution is 8.15. The number of nitrogens with zero attached hydrogens (tertiary/aromatic N) is 3. The lowest BCUT2D eigenvalue weighted by Gasteiger charge is -2.23. The summed E-state index contributed by atoms with van der Waals surface area (Å²) >= 11 is 2.69. The fourth-order valence-corrected chi connectivity index (χ4v) is 7.39. The topological polar surface area (TPSA) is 112 Å². The Bertz CT molecular complexity index is 1170. The van der Waals surface area contributed by atoms with E-state index in [4.69, 9.17) is 4.74 Å². The van der Waals surface area contributed by atoms with Crippen molar-refractivity contribution in [3.8, 4) is 6.07 Å². The van der Waals surface area contributed by atoms with Gasteiger partial charge in [0, 0.05) is 11.7 Å². The first-order chi connectivity index (χ1) is 15.4. The van der Waals surface area contributed by atoms with Crippen LogP contribution in [0.5, 0.6) is 0 Å². The molecule has 3 heterocycles. The molecule has 2 aromatic rings. The SMILES string of the molecule is CCOC(=O)CC1CN=C(C2Cc3cccc(N(CC#N)S(=O)(=O)c4cccs4)c3N2)S1. The van der Waals surface area contributed by atoms with Crippen molar-refractivity contribution < 1.29 is 17.9 Å². The molecule has 2 aliphatic heterocycles. The molecule has 32 heavy (non-hydrogen) atoms. The first-order valence-corrected chi connectivity index (χ1v) is 13.3. The van der Waals surface area contributed by atoms with E-state index >= 15 is 0 Å². The second kappa shape index (κ2) is 9.52. The normalized spacial score (nSPS) is 19.6. The number of hydrogen-bond acceptors (Lipinski definition) is 9. The summed E-state index contributed by atoms with van der Waals surface area (Å²) in [5.74, 6) is -0.225. The molecule has 0 saturated heterocycles. The number of esters is 1. The molecule has 2 aliphatic rings. The van der Waals surface area contributed by atoms with Crippen LogP contribution in [-0.2, 0) is 26.0 Å². The van der Waals surface area contributed by atoms with E-state index in [2.05, 4.69) is 10.3 Å². The predicted octanol–water partition coefficient (Wildman–Crippen LogP) is 3.27. The zero-order valence-electron chi connectivity index (χ0n) is 17.4. The number of carbonyl (C=O) groups excluding carboxylic acids is 1. The Hall–Kier alpha value is -2.55. The molecule has 8 nitrogen and oxygen atoms in total. The van der Waals surface area contributed by atoms with Crippen molar-refractivity contribution in [2.75, 3.05) is 29.3 Å². The number of nitrogens with one attached hydrogen (secondary N) is 1. The number of thioether (sulfide) groups is 1. The predicted molar refractivity (Wildman–Crippen MR) is 127 cm³/mol. The molecule has 168 valence electrons. The van der Waals surface area contributed by atoms with Gasteiger partial charge in [-0.3, -0.25) is 9.79 Å². The summed E-state index contributed by atoms with van der Waals surface area (Å²) < 4.78 is 32.8. The van der Waals surface area contributed by atoms with Gasteiger partial charge in [-0.15, -0.1) is 23.1 Å². The number of para-hydroxylation sites is 1. The highest BCUT2D eigenvalue weighted by Crippen LogP contribution is 2.40. The standard InChI is InChI=1S/C21H22N4O4S3/c1-2-29-18(26)12-15-13-23-21(31-15)16-11-14-5-3-6-17(20(14)24-16)25(9-8-22)32(27,28)19-7-4-10-30-19/h3-7,10,15-16,24H,2,9,11-13H2,1H3. The Morgan fingerprint density at radius 2 is 2.22 bits per heavy atom. The van der Waals surface area contributed by atoms with Crippen molar-refractivity contribution in [1.29, 1.82) is 5.26 Å². The van der Waals surface area contributed by atoms with Crippen LogP contribution in [0.1, 0.15) is 18.9 Å². The van der Waals surface area contributed by atoms with Gasteiger partial charge in [0.25, 0.3) is 10.0 Å². The Labute approximate surface area is 195 Å². The van der Waals surface area contributed by atoms with Gasteiger partial charge in [-0.05, 0) is 30.0 Å². The Kier molecular flexibility index (Phi) is 6.74. The maximum absolute atomic E-state index is 13.2. The minimum atomic E-state index is -3.86. The molecule has 0 fully saturated rings. The number of nitriles is 1. The number of sulfonamides is 1. The fraction of sp³-hybridized carbons (Fsp3) is 0.381. The zero-order valence-corrected chi connectivity index (χ0v) is 19.8. The third-order valence-electron chi connectivity index (χ3n) is 5.13. The first-order valence-electron chi connectivity index (χ1n) is 10.1. The van der Waals surface area contributed by atoms with Gasteiger partial charge in [-0.2, -0.15) is 5.26 Å². The molecular weight excluding hydrogens is 468 g/mol. The van der Waals surface area contributed by atoms with Gasteiger partial charge in [-0.1, -0.05) is 18.2 Å². The van der Waals surface area contributed by atoms with Crippen LogP contribution in [0.4, 0.5) is 11.4 Å². The van der Waals surface area contributed by atoms with E-state index in [1.54, 1.807) is 42.3 Å². The summed E-state index contributed by atoms with van der Waals surface area (Å²) in [6, 6.07) is 10.6. The van der Waals surface area contributed by atoms with E-state index in [1.165, 1.54) is 6.07 Å². The van der Waals surface area contributed by atoms with Gasteiger partial charge in [0.05, 0.1) is 48.1 Å². The van der Waals surface area contributed by atoms with E-state index in [9.17, 15) is 18.5 Å². The molecule has 0 radical (unpaired) electrons. The van der Waals surface area contributed by atoms with Crippen LogP contribution in [0.2, 0.25) is 0 Å². The quantitative estimate of drug-likeness (QED) is 0.446. The Morgan fingerprint density at radius 3 is 2.94 bits per heavy atom. The van der Waals surface area contributed by atoms with Crippen LogP contribution in [0.25, 0.3) is 0 Å². The van der Waals surface area contributed by atoms with Gasteiger partial charge in [0.15, 0.2) is 0 Å². The molecule has 0 bridgehead atoms. The summed E-state index contributed by atoms with van der Waals surface area (Å²) in [7, 11) is -3.86. The number of hydrogen-bond donors (Lipinski definition) is 1. The van der Waals surface area contributed by atoms with Crippen molar-refractivity contribution in [2.45, 2.75) is 35.3 Å². The molecule has 2 unspecified atom stereocenters. The maximum Gasteiger partial charge on any atom is 0.306 e. The molecule has 0 amide bonds. The minimum Gasteiger partial charge on any atom is -0.466 e. The number of carbonyl (C=O) groups is 1. The van der Waals surface area contributed by atoms with Gasteiger partial charge < -0.3 is 10.1 Å². The van der Waals surface area contributed by atoms with Crippen molar-refractivity contribution >= 4 is 55.5 Å². The van der Waals surface area contributed by atoms with E-state index < -0.39 is 10.0 Å². The smallest absolute Gasteiger partial charge is 0.306 e. The van der Waals surface area contributed by atoms with Crippen LogP contribution in [0.3, 0.4) is 0 Å². The lowest BCUT2D eigenvalue weighted by molar-refractivity contribution is -0.143. The summed E-state index contributed by atoms with van der Waals surface area (Å²) in [4.78, 5) is 16.4. The van der Waals surface area contributed by atoms with Crippen LogP contribution in [0, 0.1) is 11.3 Å². The molecule has 4 rings (SSSR count). The van der Waals surface area contributed by atoms with Crippen molar-refractivity contribution in [3.05, 3.63) is 41.3 Å². The summed E-state index contributed by atoms with van der Waals surface area (Å²) in [6.07, 6.45) is 0.964. The van der Waals surface area contributed by atoms with Crippen molar-refractivity contribution in [2.24, 2.45) is 4.99 Å². The van der Waals surface area contributed by atoms with Gasteiger partial charge >= 0.3 is 5.97 Å². The molecular formula is C21H22N4O4S3. The van der Waals surface area contributed by atoms with Gasteiger partial charge in [-0.25, -0.2) is 12.7 Å². The van der Waals surface area contributed by atoms with E-state index in [-0.39, 0.29) is 28.0 Å². The number of thiophene rings is 1. The molecule has 2 atom stereocenters. The summed E-state index contributed by atoms with van der Waals surface area (Å²) in [5, 5.41) is 15.4. The highest BCUT2D eigenvalue weighted by Gasteiger charge is 2.35. The van der Waals surface area contributed by atoms with Crippen LogP contribution < -0.4 is 9.62 Å². The van der Waals surface area contributed by atoms with E-state index in [0.29, 0.717) is 37.4 Å². The minimum absolute atomic E-state index is 0.0447. The molecule has 11 heteroatoms. The van der Waals surface area contributed by atoms with Crippen LogP contribution in [-0.4, -0.2) is 50.4 Å². The first kappa shape index (κ1) is 22.6. The maximum atomic E-state index is 13.2. The van der Waals surface area contributed by atoms with Crippen molar-refractivity contribution in [1.82, 2.24) is 0 Å². The molecule has 1 aromatic heterocycles. The lowest BCUT2D eigenvalue weighted by atomic mass is 10.1. The second-order valence-electron chi connectivity index (χ2n) is 7.24. The zero-order chi connectivity index (χ0) is 22.7. The number of rotatable bonds is 8. The highest BCUT2D eigenvalue weighted by atomic mass is 32.2. The molecule has 0 spiro atoms. The largest absolute Gasteiger partial charge is 0.466 e. The van der Waals surface area contributed by atoms with Crippen LogP contribution in [0.15, 0.2) is 44.9 Å². The number of anilines is 2. The monoisotopic (exact) mass is 490 g/mol. The lowest BCUT2D eigenvalue weighted by Crippen LogP contribution is -2.32. The Balaban J connectivity index is 1.54. The molecule has 1 N–H and O–H groups in total. The van der Waals surface area contributed by atoms with Crippen molar-refractivity contribution in [3.63, 3.8) is 0 Å². The van der Waals surface area contributed by atoms with E-state index in [0.717, 1.165) is 26.2 Å². The number of fused-ring (bicyclic) bond motifs is 1. The number of benzene rings is 1. The molecule has 0 saturated carbocycles. The number of ether oxygens (including phenoxy) is 1. The second-order valence-corrected chi connectivity index (χ2v) is 11.6. The van der Waals surface area contributed by atoms with Gasteiger partial charge in [0.2, 0.25) is 0 Å². The third kappa shape index (κ3) is 4.48. The fourth-order valence-electron chi connectivity index (χ4n) is 3.75. The van der Waals surface area contributed by atoms with Crippen LogP contribution >= 0.6 is 23.1 Å². The average Bonchev–Trinajstić information content (AvgIpc) is 3.52. The van der Waals surface area contributed by atoms with Gasteiger partial charge in [0.1, 0.15) is 10.8 Å². The third-order valence-corrected chi connectivity index (χ3v) is 9.57. The summed E-state index contributed by atoms with van der Waals surface area (Å²) in [5.41, 5.74) is 2.12.